The van der Waals surface area contributed by atoms with Gasteiger partial charge in [0.05, 0.1) is 12.9 Å². The molecule has 0 bridgehead atoms. The number of hydrogen-bond donors (Lipinski definition) is 0. The first kappa shape index (κ1) is 7.56. The first-order valence-electron chi connectivity index (χ1n) is 3.43. The second kappa shape index (κ2) is 3.58. The standard InChI is InChI=1S/C7H12O2Si/c1-10(2)9-6-7-4-3-5-8-7/h3-5,10H,6H2,1-2H3. The van der Waals surface area contributed by atoms with Crippen LogP contribution in [0.4, 0.5) is 0 Å². The second-order valence-corrected chi connectivity index (χ2v) is 4.87. The Hall–Kier alpha value is -0.543. The first-order chi connectivity index (χ1) is 4.79. The van der Waals surface area contributed by atoms with Gasteiger partial charge in [-0.15, -0.1) is 0 Å². The van der Waals surface area contributed by atoms with Crippen molar-refractivity contribution in [1.29, 1.82) is 0 Å². The molecule has 0 atom stereocenters. The molecule has 0 aliphatic rings. The summed E-state index contributed by atoms with van der Waals surface area (Å²) in [5.41, 5.74) is 0. The summed E-state index contributed by atoms with van der Waals surface area (Å²) in [6.45, 7) is 4.92. The molecule has 0 aliphatic carbocycles. The molecule has 0 saturated carbocycles. The van der Waals surface area contributed by atoms with Gasteiger partial charge in [0, 0.05) is 0 Å². The summed E-state index contributed by atoms with van der Waals surface area (Å²) in [4.78, 5) is 0. The van der Waals surface area contributed by atoms with E-state index >= 15 is 0 Å². The molecular formula is C7H12O2Si. The predicted octanol–water partition coefficient (Wildman–Crippen LogP) is 1.78. The van der Waals surface area contributed by atoms with E-state index in [1.807, 2.05) is 12.1 Å². The molecule has 1 aromatic rings. The second-order valence-electron chi connectivity index (χ2n) is 2.44. The summed E-state index contributed by atoms with van der Waals surface area (Å²) in [5.74, 6) is 0.918. The maximum absolute atomic E-state index is 5.43. The summed E-state index contributed by atoms with van der Waals surface area (Å²) in [7, 11) is -0.875. The van der Waals surface area contributed by atoms with E-state index in [1.165, 1.54) is 0 Å². The SMILES string of the molecule is C[SiH](C)OCc1ccco1. The maximum atomic E-state index is 5.43. The van der Waals surface area contributed by atoms with Gasteiger partial charge in [0.25, 0.3) is 0 Å². The van der Waals surface area contributed by atoms with Crippen LogP contribution in [-0.4, -0.2) is 9.04 Å². The van der Waals surface area contributed by atoms with Gasteiger partial charge in [-0.05, 0) is 25.2 Å². The van der Waals surface area contributed by atoms with E-state index in [2.05, 4.69) is 13.1 Å². The van der Waals surface area contributed by atoms with Crippen molar-refractivity contribution in [2.45, 2.75) is 19.7 Å². The van der Waals surface area contributed by atoms with Crippen molar-refractivity contribution in [2.24, 2.45) is 0 Å². The highest BCUT2D eigenvalue weighted by molar-refractivity contribution is 6.48. The highest BCUT2D eigenvalue weighted by atomic mass is 28.3. The van der Waals surface area contributed by atoms with Gasteiger partial charge in [0.2, 0.25) is 0 Å². The summed E-state index contributed by atoms with van der Waals surface area (Å²) in [6, 6.07) is 3.80. The lowest BCUT2D eigenvalue weighted by atomic mass is 10.5. The molecule has 1 aromatic heterocycles. The molecule has 0 radical (unpaired) electrons. The van der Waals surface area contributed by atoms with Crippen LogP contribution in [0.5, 0.6) is 0 Å². The quantitative estimate of drug-likeness (QED) is 0.622. The molecule has 0 unspecified atom stereocenters. The van der Waals surface area contributed by atoms with Gasteiger partial charge in [0.1, 0.15) is 5.76 Å². The van der Waals surface area contributed by atoms with Crippen LogP contribution in [0.15, 0.2) is 22.8 Å². The van der Waals surface area contributed by atoms with Crippen LogP contribution < -0.4 is 0 Å². The van der Waals surface area contributed by atoms with E-state index in [-0.39, 0.29) is 0 Å². The fraction of sp³-hybridized carbons (Fsp3) is 0.429. The molecule has 2 nitrogen and oxygen atoms in total. The Balaban J connectivity index is 2.28. The molecule has 0 N–H and O–H groups in total. The van der Waals surface area contributed by atoms with Gasteiger partial charge in [-0.2, -0.15) is 0 Å². The summed E-state index contributed by atoms with van der Waals surface area (Å²) < 4.78 is 10.5. The van der Waals surface area contributed by atoms with Crippen molar-refractivity contribution in [3.8, 4) is 0 Å². The minimum absolute atomic E-state index is 0.636. The molecule has 3 heteroatoms. The zero-order valence-corrected chi connectivity index (χ0v) is 7.49. The minimum atomic E-state index is -0.875. The van der Waals surface area contributed by atoms with Gasteiger partial charge in [-0.25, -0.2) is 0 Å². The fourth-order valence-corrected chi connectivity index (χ4v) is 1.14. The molecule has 0 aromatic carbocycles. The van der Waals surface area contributed by atoms with Crippen molar-refractivity contribution in [2.75, 3.05) is 0 Å². The zero-order valence-electron chi connectivity index (χ0n) is 6.33. The zero-order chi connectivity index (χ0) is 7.40. The Labute approximate surface area is 62.5 Å². The van der Waals surface area contributed by atoms with Crippen molar-refractivity contribution < 1.29 is 8.84 Å². The van der Waals surface area contributed by atoms with Crippen molar-refractivity contribution in [1.82, 2.24) is 0 Å². The van der Waals surface area contributed by atoms with Gasteiger partial charge in [-0.3, -0.25) is 0 Å². The van der Waals surface area contributed by atoms with Crippen LogP contribution in [0.2, 0.25) is 13.1 Å². The summed E-state index contributed by atoms with van der Waals surface area (Å²) >= 11 is 0. The minimum Gasteiger partial charge on any atom is -0.467 e. The molecule has 0 saturated heterocycles. The van der Waals surface area contributed by atoms with E-state index in [1.54, 1.807) is 6.26 Å². The average molecular weight is 156 g/mol. The maximum Gasteiger partial charge on any atom is 0.171 e. The van der Waals surface area contributed by atoms with E-state index in [9.17, 15) is 0 Å². The van der Waals surface area contributed by atoms with Gasteiger partial charge >= 0.3 is 0 Å². The lowest BCUT2D eigenvalue weighted by Crippen LogP contribution is -2.06. The Morgan fingerprint density at radius 3 is 2.90 bits per heavy atom. The monoisotopic (exact) mass is 156 g/mol. The molecule has 0 spiro atoms. The topological polar surface area (TPSA) is 22.4 Å². The van der Waals surface area contributed by atoms with Crippen LogP contribution in [0.3, 0.4) is 0 Å². The third kappa shape index (κ3) is 2.37. The highest BCUT2D eigenvalue weighted by Gasteiger charge is 1.97. The largest absolute Gasteiger partial charge is 0.467 e. The predicted molar refractivity (Wildman–Crippen MR) is 42.4 cm³/mol. The molecule has 0 aliphatic heterocycles. The van der Waals surface area contributed by atoms with Crippen molar-refractivity contribution in [3.63, 3.8) is 0 Å². The Kier molecular flexibility index (Phi) is 2.71. The third-order valence-electron chi connectivity index (χ3n) is 1.14. The Morgan fingerprint density at radius 1 is 1.60 bits per heavy atom. The smallest absolute Gasteiger partial charge is 0.171 e. The molecule has 1 heterocycles. The summed E-state index contributed by atoms with van der Waals surface area (Å²) in [6.07, 6.45) is 1.67. The Morgan fingerprint density at radius 2 is 2.40 bits per heavy atom. The molecule has 0 fully saturated rings. The van der Waals surface area contributed by atoms with E-state index < -0.39 is 9.04 Å². The van der Waals surface area contributed by atoms with E-state index in [0.717, 1.165) is 5.76 Å². The number of rotatable bonds is 3. The highest BCUT2D eigenvalue weighted by Crippen LogP contribution is 2.02. The normalized spacial score (nSPS) is 10.7. The fourth-order valence-electron chi connectivity index (χ4n) is 0.644. The summed E-state index contributed by atoms with van der Waals surface area (Å²) in [5, 5.41) is 0. The van der Waals surface area contributed by atoms with Crippen LogP contribution >= 0.6 is 0 Å². The van der Waals surface area contributed by atoms with Gasteiger partial charge in [0.15, 0.2) is 9.04 Å². The molecular weight excluding hydrogens is 144 g/mol. The first-order valence-corrected chi connectivity index (χ1v) is 6.21. The van der Waals surface area contributed by atoms with E-state index in [4.69, 9.17) is 8.84 Å². The van der Waals surface area contributed by atoms with Crippen LogP contribution in [-0.2, 0) is 11.0 Å². The Bertz CT molecular complexity index is 170. The van der Waals surface area contributed by atoms with Crippen molar-refractivity contribution >= 4 is 9.04 Å². The molecule has 56 valence electrons. The molecule has 10 heavy (non-hydrogen) atoms. The van der Waals surface area contributed by atoms with Crippen LogP contribution in [0, 0.1) is 0 Å². The van der Waals surface area contributed by atoms with E-state index in [0.29, 0.717) is 6.61 Å². The molecule has 1 rings (SSSR count). The third-order valence-corrected chi connectivity index (χ3v) is 1.97. The van der Waals surface area contributed by atoms with Gasteiger partial charge in [-0.1, -0.05) is 0 Å². The van der Waals surface area contributed by atoms with Crippen molar-refractivity contribution in [3.05, 3.63) is 24.2 Å². The number of hydrogen-bond acceptors (Lipinski definition) is 2. The lowest BCUT2D eigenvalue weighted by molar-refractivity contribution is 0.276. The van der Waals surface area contributed by atoms with Gasteiger partial charge < -0.3 is 8.84 Å². The number of furan rings is 1. The lowest BCUT2D eigenvalue weighted by Gasteiger charge is -2.02. The molecule has 0 amide bonds. The van der Waals surface area contributed by atoms with Crippen LogP contribution in [0.1, 0.15) is 5.76 Å². The van der Waals surface area contributed by atoms with Crippen LogP contribution in [0.25, 0.3) is 0 Å². The average Bonchev–Trinajstić information content (AvgIpc) is 2.34.